The summed E-state index contributed by atoms with van der Waals surface area (Å²) in [4.78, 5) is 20.3. The molecule has 5 nitrogen and oxygen atoms in total. The molecule has 0 N–H and O–H groups in total. The quantitative estimate of drug-likeness (QED) is 0.793. The second-order valence-electron chi connectivity index (χ2n) is 4.00. The van der Waals surface area contributed by atoms with E-state index in [1.807, 2.05) is 6.07 Å². The van der Waals surface area contributed by atoms with Gasteiger partial charge >= 0.3 is 0 Å². The molecule has 1 aromatic carbocycles. The van der Waals surface area contributed by atoms with Gasteiger partial charge in [0.15, 0.2) is 11.5 Å². The fourth-order valence-electron chi connectivity index (χ4n) is 1.70. The molecule has 0 aliphatic carbocycles. The van der Waals surface area contributed by atoms with E-state index in [2.05, 4.69) is 9.97 Å². The molecular weight excluding hydrogens is 280 g/mol. The SMILES string of the molecule is COc1cnc(C(=O)Cc2cccc(Cl)c2)c(OC)n1. The lowest BCUT2D eigenvalue weighted by Gasteiger charge is -2.07. The van der Waals surface area contributed by atoms with Crippen molar-refractivity contribution < 1.29 is 14.3 Å². The summed E-state index contributed by atoms with van der Waals surface area (Å²) in [7, 11) is 2.90. The molecule has 0 unspecified atom stereocenters. The number of carbonyl (C=O) groups is 1. The molecule has 0 saturated carbocycles. The molecule has 0 aliphatic heterocycles. The Morgan fingerprint density at radius 2 is 2.10 bits per heavy atom. The Balaban J connectivity index is 2.25. The Bertz CT molecular complexity index is 632. The average Bonchev–Trinajstić information content (AvgIpc) is 2.46. The second-order valence-corrected chi connectivity index (χ2v) is 4.44. The minimum Gasteiger partial charge on any atom is -0.480 e. The summed E-state index contributed by atoms with van der Waals surface area (Å²) in [6.45, 7) is 0. The van der Waals surface area contributed by atoms with Crippen molar-refractivity contribution in [3.8, 4) is 11.8 Å². The van der Waals surface area contributed by atoms with Crippen molar-refractivity contribution in [1.82, 2.24) is 9.97 Å². The molecule has 0 spiro atoms. The molecule has 0 fully saturated rings. The van der Waals surface area contributed by atoms with Crippen molar-refractivity contribution in [1.29, 1.82) is 0 Å². The van der Waals surface area contributed by atoms with E-state index in [9.17, 15) is 4.79 Å². The van der Waals surface area contributed by atoms with Crippen LogP contribution in [0.15, 0.2) is 30.5 Å². The first kappa shape index (κ1) is 14.3. The van der Waals surface area contributed by atoms with Crippen LogP contribution < -0.4 is 9.47 Å². The van der Waals surface area contributed by atoms with Crippen molar-refractivity contribution in [3.63, 3.8) is 0 Å². The molecule has 104 valence electrons. The predicted octanol–water partition coefficient (Wildman–Crippen LogP) is 2.57. The molecule has 20 heavy (non-hydrogen) atoms. The minimum absolute atomic E-state index is 0.149. The standard InChI is InChI=1S/C14H13ClN2O3/c1-19-12-8-16-13(14(17-12)20-2)11(18)7-9-4-3-5-10(15)6-9/h3-6,8H,7H2,1-2H3. The van der Waals surface area contributed by atoms with Crippen molar-refractivity contribution in [2.24, 2.45) is 0 Å². The summed E-state index contributed by atoms with van der Waals surface area (Å²) in [5, 5.41) is 0.586. The van der Waals surface area contributed by atoms with Crippen LogP contribution in [0.25, 0.3) is 0 Å². The lowest BCUT2D eigenvalue weighted by molar-refractivity contribution is 0.0984. The molecule has 1 aromatic heterocycles. The normalized spacial score (nSPS) is 10.2. The molecule has 0 saturated heterocycles. The third-order valence-corrected chi connectivity index (χ3v) is 2.87. The van der Waals surface area contributed by atoms with Gasteiger partial charge in [-0.3, -0.25) is 4.79 Å². The van der Waals surface area contributed by atoms with E-state index in [4.69, 9.17) is 21.1 Å². The topological polar surface area (TPSA) is 61.3 Å². The summed E-state index contributed by atoms with van der Waals surface area (Å²) >= 11 is 5.89. The van der Waals surface area contributed by atoms with Crippen LogP contribution in [0.4, 0.5) is 0 Å². The number of ether oxygens (including phenoxy) is 2. The van der Waals surface area contributed by atoms with E-state index >= 15 is 0 Å². The number of aromatic nitrogens is 2. The van der Waals surface area contributed by atoms with Crippen LogP contribution in [0.5, 0.6) is 11.8 Å². The summed E-state index contributed by atoms with van der Waals surface area (Å²) in [5.41, 5.74) is 0.982. The number of carbonyl (C=O) groups excluding carboxylic acids is 1. The lowest BCUT2D eigenvalue weighted by atomic mass is 10.1. The monoisotopic (exact) mass is 292 g/mol. The van der Waals surface area contributed by atoms with Crippen molar-refractivity contribution in [2.75, 3.05) is 14.2 Å². The fourth-order valence-corrected chi connectivity index (χ4v) is 1.92. The molecule has 0 atom stereocenters. The molecule has 2 aromatic rings. The summed E-state index contributed by atoms with van der Waals surface area (Å²) in [6.07, 6.45) is 1.56. The maximum Gasteiger partial charge on any atom is 0.246 e. The highest BCUT2D eigenvalue weighted by Crippen LogP contribution is 2.19. The highest BCUT2D eigenvalue weighted by atomic mass is 35.5. The number of Topliss-reactive ketones (excluding diaryl/α,β-unsaturated/α-hetero) is 1. The summed E-state index contributed by atoms with van der Waals surface area (Å²) in [5.74, 6) is 0.247. The first-order valence-corrected chi connectivity index (χ1v) is 6.24. The summed E-state index contributed by atoms with van der Waals surface area (Å²) < 4.78 is 10.0. The van der Waals surface area contributed by atoms with Gasteiger partial charge in [0.05, 0.1) is 20.4 Å². The zero-order valence-corrected chi connectivity index (χ0v) is 11.8. The van der Waals surface area contributed by atoms with Gasteiger partial charge in [0.1, 0.15) is 0 Å². The first-order chi connectivity index (χ1) is 9.63. The molecule has 0 bridgehead atoms. The van der Waals surface area contributed by atoms with Crippen molar-refractivity contribution >= 4 is 17.4 Å². The van der Waals surface area contributed by atoms with Gasteiger partial charge in [-0.2, -0.15) is 4.98 Å². The van der Waals surface area contributed by atoms with E-state index < -0.39 is 0 Å². The van der Waals surface area contributed by atoms with Gasteiger partial charge in [0.2, 0.25) is 11.8 Å². The number of methoxy groups -OCH3 is 2. The summed E-state index contributed by atoms with van der Waals surface area (Å²) in [6, 6.07) is 7.11. The van der Waals surface area contributed by atoms with Crippen LogP contribution in [0.3, 0.4) is 0 Å². The van der Waals surface area contributed by atoms with Gasteiger partial charge in [-0.1, -0.05) is 23.7 Å². The highest BCUT2D eigenvalue weighted by molar-refractivity contribution is 6.30. The van der Waals surface area contributed by atoms with Crippen molar-refractivity contribution in [2.45, 2.75) is 6.42 Å². The molecule has 1 heterocycles. The van der Waals surface area contributed by atoms with Gasteiger partial charge in [0.25, 0.3) is 0 Å². The van der Waals surface area contributed by atoms with Gasteiger partial charge in [0, 0.05) is 11.4 Å². The molecule has 6 heteroatoms. The Morgan fingerprint density at radius 3 is 2.75 bits per heavy atom. The first-order valence-electron chi connectivity index (χ1n) is 5.86. The van der Waals surface area contributed by atoms with Gasteiger partial charge in [-0.25, -0.2) is 4.98 Å². The van der Waals surface area contributed by atoms with Crippen molar-refractivity contribution in [3.05, 3.63) is 46.7 Å². The van der Waals surface area contributed by atoms with Gasteiger partial charge < -0.3 is 9.47 Å². The molecule has 0 amide bonds. The Kier molecular flexibility index (Phi) is 4.53. The highest BCUT2D eigenvalue weighted by Gasteiger charge is 2.17. The van der Waals surface area contributed by atoms with E-state index in [1.54, 1.807) is 18.2 Å². The lowest BCUT2D eigenvalue weighted by Crippen LogP contribution is -2.10. The van der Waals surface area contributed by atoms with Crippen LogP contribution >= 0.6 is 11.6 Å². The van der Waals surface area contributed by atoms with Crippen LogP contribution in [-0.4, -0.2) is 30.0 Å². The zero-order chi connectivity index (χ0) is 14.5. The van der Waals surface area contributed by atoms with E-state index in [0.717, 1.165) is 5.56 Å². The Hall–Kier alpha value is -2.14. The Labute approximate surface area is 121 Å². The van der Waals surface area contributed by atoms with Crippen LogP contribution in [0.2, 0.25) is 5.02 Å². The van der Waals surface area contributed by atoms with E-state index in [-0.39, 0.29) is 23.8 Å². The van der Waals surface area contributed by atoms with Gasteiger partial charge in [-0.05, 0) is 17.7 Å². The minimum atomic E-state index is -0.195. The second kappa shape index (κ2) is 6.34. The number of nitrogens with zero attached hydrogens (tertiary/aromatic N) is 2. The number of halogens is 1. The molecule has 0 radical (unpaired) electrons. The number of hydrogen-bond acceptors (Lipinski definition) is 5. The smallest absolute Gasteiger partial charge is 0.246 e. The van der Waals surface area contributed by atoms with Crippen LogP contribution in [0.1, 0.15) is 16.1 Å². The zero-order valence-electron chi connectivity index (χ0n) is 11.1. The predicted molar refractivity (Wildman–Crippen MR) is 74.6 cm³/mol. The largest absolute Gasteiger partial charge is 0.480 e. The fraction of sp³-hybridized carbons (Fsp3) is 0.214. The molecular formula is C14H13ClN2O3. The van der Waals surface area contributed by atoms with Crippen LogP contribution in [0, 0.1) is 0 Å². The Morgan fingerprint density at radius 1 is 1.30 bits per heavy atom. The van der Waals surface area contributed by atoms with Gasteiger partial charge in [-0.15, -0.1) is 0 Å². The number of benzene rings is 1. The number of rotatable bonds is 5. The third-order valence-electron chi connectivity index (χ3n) is 2.64. The number of hydrogen-bond donors (Lipinski definition) is 0. The maximum atomic E-state index is 12.2. The van der Waals surface area contributed by atoms with E-state index in [1.165, 1.54) is 20.4 Å². The molecule has 0 aliphatic rings. The van der Waals surface area contributed by atoms with E-state index in [0.29, 0.717) is 10.9 Å². The number of ketones is 1. The third kappa shape index (κ3) is 3.24. The molecule has 2 rings (SSSR count). The maximum absolute atomic E-state index is 12.2. The average molecular weight is 293 g/mol. The van der Waals surface area contributed by atoms with Crippen LogP contribution in [-0.2, 0) is 6.42 Å².